The van der Waals surface area contributed by atoms with Crippen LogP contribution < -0.4 is 5.73 Å². The Morgan fingerprint density at radius 2 is 2.25 bits per heavy atom. The number of nitrogens with two attached hydrogens (primary N) is 1. The zero-order chi connectivity index (χ0) is 9.14. The maximum Gasteiger partial charge on any atom is 0.0694 e. The average molecular weight is 167 g/mol. The van der Waals surface area contributed by atoms with E-state index in [1.54, 1.807) is 0 Å². The lowest BCUT2D eigenvalue weighted by molar-refractivity contribution is 0.635. The first-order valence-electron chi connectivity index (χ1n) is 4.45. The number of hydrogen-bond donors (Lipinski definition) is 1. The molecule has 12 heavy (non-hydrogen) atoms. The third kappa shape index (κ3) is 1.67. The molecule has 0 aromatic carbocycles. The van der Waals surface area contributed by atoms with Crippen molar-refractivity contribution in [3.63, 3.8) is 0 Å². The molecule has 0 aliphatic carbocycles. The lowest BCUT2D eigenvalue weighted by Crippen LogP contribution is -2.00. The predicted octanol–water partition coefficient (Wildman–Crippen LogP) is 1.49. The lowest BCUT2D eigenvalue weighted by Gasteiger charge is -2.01. The van der Waals surface area contributed by atoms with Crippen molar-refractivity contribution < 1.29 is 0 Å². The van der Waals surface area contributed by atoms with Gasteiger partial charge in [0, 0.05) is 24.8 Å². The van der Waals surface area contributed by atoms with Crippen LogP contribution in [0, 0.1) is 0 Å². The zero-order valence-corrected chi connectivity index (χ0v) is 8.04. The predicted molar refractivity (Wildman–Crippen MR) is 49.9 cm³/mol. The van der Waals surface area contributed by atoms with Gasteiger partial charge in [-0.1, -0.05) is 13.8 Å². The van der Waals surface area contributed by atoms with Gasteiger partial charge in [-0.25, -0.2) is 0 Å². The zero-order valence-electron chi connectivity index (χ0n) is 8.04. The van der Waals surface area contributed by atoms with Crippen molar-refractivity contribution in [1.82, 2.24) is 9.78 Å². The minimum Gasteiger partial charge on any atom is -0.326 e. The molecular formula is C9H17N3. The summed E-state index contributed by atoms with van der Waals surface area (Å²) in [6.07, 6.45) is 2.04. The van der Waals surface area contributed by atoms with Crippen LogP contribution in [0.15, 0.2) is 6.20 Å². The summed E-state index contributed by atoms with van der Waals surface area (Å²) >= 11 is 0. The van der Waals surface area contributed by atoms with E-state index in [1.807, 2.05) is 10.9 Å². The Morgan fingerprint density at radius 3 is 2.58 bits per heavy atom. The van der Waals surface area contributed by atoms with Gasteiger partial charge in [-0.05, 0) is 12.8 Å². The van der Waals surface area contributed by atoms with E-state index in [4.69, 9.17) is 5.73 Å². The molecule has 0 spiro atoms. The van der Waals surface area contributed by atoms with Gasteiger partial charge in [-0.3, -0.25) is 4.68 Å². The molecule has 68 valence electrons. The fourth-order valence-electron chi connectivity index (χ4n) is 1.28. The Morgan fingerprint density at radius 1 is 1.58 bits per heavy atom. The van der Waals surface area contributed by atoms with Crippen molar-refractivity contribution in [2.75, 3.05) is 0 Å². The maximum atomic E-state index is 5.60. The second-order valence-corrected chi connectivity index (χ2v) is 3.25. The van der Waals surface area contributed by atoms with E-state index in [0.29, 0.717) is 12.5 Å². The van der Waals surface area contributed by atoms with Crippen LogP contribution >= 0.6 is 0 Å². The van der Waals surface area contributed by atoms with Gasteiger partial charge in [0.1, 0.15) is 0 Å². The normalized spacial score (nSPS) is 11.1. The Kier molecular flexibility index (Phi) is 2.87. The molecule has 0 unspecified atom stereocenters. The Labute approximate surface area is 73.6 Å². The van der Waals surface area contributed by atoms with E-state index in [0.717, 1.165) is 12.2 Å². The first-order chi connectivity index (χ1) is 5.69. The van der Waals surface area contributed by atoms with Crippen LogP contribution in [0.4, 0.5) is 0 Å². The summed E-state index contributed by atoms with van der Waals surface area (Å²) in [5, 5.41) is 4.44. The molecule has 0 saturated carbocycles. The second kappa shape index (κ2) is 3.72. The molecule has 0 fully saturated rings. The molecule has 1 rings (SSSR count). The van der Waals surface area contributed by atoms with Crippen molar-refractivity contribution in [3.05, 3.63) is 17.5 Å². The highest BCUT2D eigenvalue weighted by Crippen LogP contribution is 2.16. The first kappa shape index (κ1) is 9.26. The number of aromatic nitrogens is 2. The van der Waals surface area contributed by atoms with E-state index < -0.39 is 0 Å². The number of nitrogens with zero attached hydrogens (tertiary/aromatic N) is 2. The van der Waals surface area contributed by atoms with Gasteiger partial charge in [-0.15, -0.1) is 0 Å². The van der Waals surface area contributed by atoms with Gasteiger partial charge in [0.2, 0.25) is 0 Å². The molecule has 1 heterocycles. The molecule has 0 bridgehead atoms. The highest BCUT2D eigenvalue weighted by Gasteiger charge is 2.09. The molecule has 1 aromatic rings. The molecule has 0 saturated heterocycles. The van der Waals surface area contributed by atoms with E-state index in [2.05, 4.69) is 25.9 Å². The van der Waals surface area contributed by atoms with Crippen LogP contribution in [0.2, 0.25) is 0 Å². The quantitative estimate of drug-likeness (QED) is 0.741. The van der Waals surface area contributed by atoms with E-state index >= 15 is 0 Å². The van der Waals surface area contributed by atoms with Gasteiger partial charge in [0.05, 0.1) is 5.69 Å². The van der Waals surface area contributed by atoms with Crippen molar-refractivity contribution in [3.8, 4) is 0 Å². The van der Waals surface area contributed by atoms with E-state index in [9.17, 15) is 0 Å². The molecule has 0 radical (unpaired) electrons. The van der Waals surface area contributed by atoms with Crippen molar-refractivity contribution in [1.29, 1.82) is 0 Å². The number of hydrogen-bond acceptors (Lipinski definition) is 2. The SMILES string of the molecule is CCn1cc(CN)c(C(C)C)n1. The molecular weight excluding hydrogens is 150 g/mol. The van der Waals surface area contributed by atoms with Gasteiger partial charge in [-0.2, -0.15) is 5.10 Å². The second-order valence-electron chi connectivity index (χ2n) is 3.25. The highest BCUT2D eigenvalue weighted by atomic mass is 15.3. The summed E-state index contributed by atoms with van der Waals surface area (Å²) in [5.74, 6) is 0.469. The van der Waals surface area contributed by atoms with Crippen molar-refractivity contribution in [2.45, 2.75) is 39.8 Å². The monoisotopic (exact) mass is 167 g/mol. The van der Waals surface area contributed by atoms with Crippen LogP contribution in [0.3, 0.4) is 0 Å². The first-order valence-corrected chi connectivity index (χ1v) is 4.45. The Balaban J connectivity index is 3.00. The number of aryl methyl sites for hydroxylation is 1. The average Bonchev–Trinajstić information content (AvgIpc) is 2.47. The van der Waals surface area contributed by atoms with Gasteiger partial charge < -0.3 is 5.73 Å². The molecule has 1 aromatic heterocycles. The smallest absolute Gasteiger partial charge is 0.0694 e. The van der Waals surface area contributed by atoms with Crippen LogP contribution in [0.5, 0.6) is 0 Å². The fourth-order valence-corrected chi connectivity index (χ4v) is 1.28. The Hall–Kier alpha value is -0.830. The highest BCUT2D eigenvalue weighted by molar-refractivity contribution is 5.19. The number of rotatable bonds is 3. The summed E-state index contributed by atoms with van der Waals surface area (Å²) in [4.78, 5) is 0. The third-order valence-corrected chi connectivity index (χ3v) is 1.96. The minimum atomic E-state index is 0.469. The molecule has 0 amide bonds. The van der Waals surface area contributed by atoms with Crippen molar-refractivity contribution in [2.24, 2.45) is 5.73 Å². The molecule has 0 aliphatic heterocycles. The summed E-state index contributed by atoms with van der Waals surface area (Å²) in [6.45, 7) is 7.87. The van der Waals surface area contributed by atoms with E-state index in [1.165, 1.54) is 5.56 Å². The van der Waals surface area contributed by atoms with Crippen LogP contribution in [0.25, 0.3) is 0 Å². The summed E-state index contributed by atoms with van der Waals surface area (Å²) in [5.41, 5.74) is 7.91. The summed E-state index contributed by atoms with van der Waals surface area (Å²) in [6, 6.07) is 0. The van der Waals surface area contributed by atoms with Crippen LogP contribution in [-0.2, 0) is 13.1 Å². The summed E-state index contributed by atoms with van der Waals surface area (Å²) in [7, 11) is 0. The van der Waals surface area contributed by atoms with Crippen LogP contribution in [-0.4, -0.2) is 9.78 Å². The largest absolute Gasteiger partial charge is 0.326 e. The third-order valence-electron chi connectivity index (χ3n) is 1.96. The van der Waals surface area contributed by atoms with E-state index in [-0.39, 0.29) is 0 Å². The van der Waals surface area contributed by atoms with Crippen LogP contribution in [0.1, 0.15) is 37.9 Å². The molecule has 3 nitrogen and oxygen atoms in total. The molecule has 0 atom stereocenters. The molecule has 0 aliphatic rings. The van der Waals surface area contributed by atoms with Crippen molar-refractivity contribution >= 4 is 0 Å². The van der Waals surface area contributed by atoms with Gasteiger partial charge in [0.15, 0.2) is 0 Å². The maximum absolute atomic E-state index is 5.60. The minimum absolute atomic E-state index is 0.469. The van der Waals surface area contributed by atoms with Gasteiger partial charge >= 0.3 is 0 Å². The molecule has 3 heteroatoms. The summed E-state index contributed by atoms with van der Waals surface area (Å²) < 4.78 is 1.94. The Bertz CT molecular complexity index is 250. The standard InChI is InChI=1S/C9H17N3/c1-4-12-6-8(5-10)9(11-12)7(2)3/h6-7H,4-5,10H2,1-3H3. The molecule has 2 N–H and O–H groups in total. The lowest BCUT2D eigenvalue weighted by atomic mass is 10.1. The fraction of sp³-hybridized carbons (Fsp3) is 0.667. The van der Waals surface area contributed by atoms with Gasteiger partial charge in [0.25, 0.3) is 0 Å². The topological polar surface area (TPSA) is 43.8 Å².